The largest absolute Gasteiger partial charge is 0.0859 e. The van der Waals surface area contributed by atoms with Crippen molar-refractivity contribution in [3.05, 3.63) is 47.5 Å². The highest BCUT2D eigenvalue weighted by Gasteiger charge is 2.36. The maximum atomic E-state index is 2.36. The van der Waals surface area contributed by atoms with E-state index in [1.807, 2.05) is 0 Å². The molecule has 1 aromatic carbocycles. The van der Waals surface area contributed by atoms with E-state index in [1.54, 1.807) is 5.56 Å². The monoisotopic (exact) mass is 200 g/mol. The quantitative estimate of drug-likeness (QED) is 0.626. The van der Waals surface area contributed by atoms with E-state index >= 15 is 0 Å². The topological polar surface area (TPSA) is 0 Å². The molecule has 1 aliphatic rings. The lowest BCUT2D eigenvalue weighted by Gasteiger charge is -1.99. The van der Waals surface area contributed by atoms with E-state index in [4.69, 9.17) is 0 Å². The molecule has 0 radical (unpaired) electrons. The zero-order valence-electron chi connectivity index (χ0n) is 9.74. The van der Waals surface area contributed by atoms with Gasteiger partial charge in [0.05, 0.1) is 0 Å². The molecule has 0 heterocycles. The molecule has 1 fully saturated rings. The molecule has 0 amide bonds. The Hall–Kier alpha value is -1.04. The molecule has 0 saturated heterocycles. The fourth-order valence-corrected chi connectivity index (χ4v) is 2.26. The van der Waals surface area contributed by atoms with Gasteiger partial charge in [-0.1, -0.05) is 42.0 Å². The summed E-state index contributed by atoms with van der Waals surface area (Å²) >= 11 is 0. The third-order valence-corrected chi connectivity index (χ3v) is 3.24. The standard InChI is InChI=1S/C15H20/c1-12(2)7-6-10-14-11-15(14)13-8-4-3-5-9-13/h3-5,7-9,14-15H,6,10-11H2,1-2H3/t14-,15+/m0/s1. The van der Waals surface area contributed by atoms with Crippen LogP contribution in [0.4, 0.5) is 0 Å². The second-order valence-electron chi connectivity index (χ2n) is 4.87. The second kappa shape index (κ2) is 4.65. The van der Waals surface area contributed by atoms with Gasteiger partial charge in [-0.3, -0.25) is 0 Å². The molecular weight excluding hydrogens is 180 g/mol. The van der Waals surface area contributed by atoms with Crippen LogP contribution in [0.25, 0.3) is 0 Å². The Bertz CT molecular complexity index is 330. The highest BCUT2D eigenvalue weighted by atomic mass is 14.4. The van der Waals surface area contributed by atoms with Crippen LogP contribution in [-0.2, 0) is 0 Å². The van der Waals surface area contributed by atoms with Crippen molar-refractivity contribution in [1.29, 1.82) is 0 Å². The number of benzene rings is 1. The van der Waals surface area contributed by atoms with Crippen molar-refractivity contribution in [3.8, 4) is 0 Å². The van der Waals surface area contributed by atoms with Crippen molar-refractivity contribution in [2.45, 2.75) is 39.0 Å². The van der Waals surface area contributed by atoms with E-state index in [1.165, 1.54) is 24.8 Å². The Labute approximate surface area is 93.0 Å². The highest BCUT2D eigenvalue weighted by molar-refractivity contribution is 5.25. The Balaban J connectivity index is 1.79. The van der Waals surface area contributed by atoms with Gasteiger partial charge >= 0.3 is 0 Å². The van der Waals surface area contributed by atoms with Crippen LogP contribution in [0, 0.1) is 5.92 Å². The van der Waals surface area contributed by atoms with Crippen LogP contribution in [0.2, 0.25) is 0 Å². The van der Waals surface area contributed by atoms with Crippen molar-refractivity contribution in [2.75, 3.05) is 0 Å². The zero-order valence-corrected chi connectivity index (χ0v) is 9.74. The Morgan fingerprint density at radius 2 is 2.00 bits per heavy atom. The normalized spacial score (nSPS) is 23.6. The van der Waals surface area contributed by atoms with Crippen molar-refractivity contribution < 1.29 is 0 Å². The van der Waals surface area contributed by atoms with Gasteiger partial charge in [0, 0.05) is 0 Å². The molecule has 0 heteroatoms. The minimum absolute atomic E-state index is 0.858. The molecule has 0 unspecified atom stereocenters. The first-order valence-electron chi connectivity index (χ1n) is 5.95. The summed E-state index contributed by atoms with van der Waals surface area (Å²) in [6.07, 6.45) is 6.39. The van der Waals surface area contributed by atoms with Crippen molar-refractivity contribution in [2.24, 2.45) is 5.92 Å². The Morgan fingerprint density at radius 1 is 1.27 bits per heavy atom. The van der Waals surface area contributed by atoms with Crippen LogP contribution in [0.3, 0.4) is 0 Å². The molecule has 1 saturated carbocycles. The molecule has 0 bridgehead atoms. The molecule has 0 spiro atoms. The van der Waals surface area contributed by atoms with E-state index < -0.39 is 0 Å². The summed E-state index contributed by atoms with van der Waals surface area (Å²) in [6, 6.07) is 10.9. The lowest BCUT2D eigenvalue weighted by molar-refractivity contribution is 0.714. The minimum Gasteiger partial charge on any atom is -0.0859 e. The number of allylic oxidation sites excluding steroid dienone is 2. The van der Waals surface area contributed by atoms with Gasteiger partial charge in [-0.25, -0.2) is 0 Å². The van der Waals surface area contributed by atoms with Gasteiger partial charge in [-0.05, 0) is 50.5 Å². The lowest BCUT2D eigenvalue weighted by atomic mass is 10.1. The molecule has 2 rings (SSSR count). The molecule has 15 heavy (non-hydrogen) atoms. The predicted octanol–water partition coefficient (Wildman–Crippen LogP) is 4.54. The summed E-state index contributed by atoms with van der Waals surface area (Å²) < 4.78 is 0. The van der Waals surface area contributed by atoms with E-state index in [9.17, 15) is 0 Å². The molecule has 80 valence electrons. The van der Waals surface area contributed by atoms with Crippen LogP contribution in [0.15, 0.2) is 42.0 Å². The smallest absolute Gasteiger partial charge is 0.0130 e. The third kappa shape index (κ3) is 2.95. The summed E-state index contributed by atoms with van der Waals surface area (Å²) in [5.74, 6) is 1.81. The molecule has 0 nitrogen and oxygen atoms in total. The van der Waals surface area contributed by atoms with E-state index in [2.05, 4.69) is 50.3 Å². The van der Waals surface area contributed by atoms with Gasteiger partial charge in [-0.2, -0.15) is 0 Å². The first-order valence-corrected chi connectivity index (χ1v) is 5.95. The highest BCUT2D eigenvalue weighted by Crippen LogP contribution is 2.50. The van der Waals surface area contributed by atoms with E-state index in [0.29, 0.717) is 0 Å². The number of hydrogen-bond acceptors (Lipinski definition) is 0. The Morgan fingerprint density at radius 3 is 2.67 bits per heavy atom. The average molecular weight is 200 g/mol. The van der Waals surface area contributed by atoms with E-state index in [-0.39, 0.29) is 0 Å². The summed E-state index contributed by atoms with van der Waals surface area (Å²) in [7, 11) is 0. The summed E-state index contributed by atoms with van der Waals surface area (Å²) in [6.45, 7) is 4.36. The second-order valence-corrected chi connectivity index (χ2v) is 4.87. The third-order valence-electron chi connectivity index (χ3n) is 3.24. The number of hydrogen-bond donors (Lipinski definition) is 0. The molecule has 0 aromatic heterocycles. The van der Waals surface area contributed by atoms with Crippen molar-refractivity contribution >= 4 is 0 Å². The van der Waals surface area contributed by atoms with Crippen molar-refractivity contribution in [1.82, 2.24) is 0 Å². The van der Waals surface area contributed by atoms with E-state index in [0.717, 1.165) is 11.8 Å². The summed E-state index contributed by atoms with van der Waals surface area (Å²) in [4.78, 5) is 0. The molecule has 2 atom stereocenters. The molecule has 1 aromatic rings. The first-order chi connectivity index (χ1) is 7.27. The lowest BCUT2D eigenvalue weighted by Crippen LogP contribution is -1.83. The number of rotatable bonds is 4. The zero-order chi connectivity index (χ0) is 10.7. The molecule has 1 aliphatic carbocycles. The fraction of sp³-hybridized carbons (Fsp3) is 0.467. The minimum atomic E-state index is 0.858. The maximum Gasteiger partial charge on any atom is -0.0130 e. The van der Waals surface area contributed by atoms with Gasteiger partial charge in [0.2, 0.25) is 0 Å². The predicted molar refractivity (Wildman–Crippen MR) is 66.0 cm³/mol. The van der Waals surface area contributed by atoms with Crippen LogP contribution in [-0.4, -0.2) is 0 Å². The average Bonchev–Trinajstić information content (AvgIpc) is 2.98. The van der Waals surface area contributed by atoms with Crippen molar-refractivity contribution in [3.63, 3.8) is 0 Å². The molecular formula is C15H20. The summed E-state index contributed by atoms with van der Waals surface area (Å²) in [5, 5.41) is 0. The van der Waals surface area contributed by atoms with Gasteiger partial charge in [0.25, 0.3) is 0 Å². The summed E-state index contributed by atoms with van der Waals surface area (Å²) in [5.41, 5.74) is 2.99. The van der Waals surface area contributed by atoms with Gasteiger partial charge in [0.1, 0.15) is 0 Å². The van der Waals surface area contributed by atoms with Gasteiger partial charge in [0.15, 0.2) is 0 Å². The SMILES string of the molecule is CC(C)=CCC[C@H]1C[C@@H]1c1ccccc1. The first kappa shape index (κ1) is 10.5. The van der Waals surface area contributed by atoms with Crippen LogP contribution < -0.4 is 0 Å². The van der Waals surface area contributed by atoms with Gasteiger partial charge in [-0.15, -0.1) is 0 Å². The molecule has 0 aliphatic heterocycles. The van der Waals surface area contributed by atoms with Crippen LogP contribution in [0.5, 0.6) is 0 Å². The Kier molecular flexibility index (Phi) is 3.25. The molecule has 0 N–H and O–H groups in total. The maximum absolute atomic E-state index is 2.36. The van der Waals surface area contributed by atoms with Crippen LogP contribution >= 0.6 is 0 Å². The van der Waals surface area contributed by atoms with Gasteiger partial charge < -0.3 is 0 Å². The van der Waals surface area contributed by atoms with Crippen LogP contribution in [0.1, 0.15) is 44.6 Å². The fourth-order valence-electron chi connectivity index (χ4n) is 2.26.